The number of allylic oxidation sites excluding steroid dienone is 1. The Bertz CT molecular complexity index is 958. The van der Waals surface area contributed by atoms with Crippen molar-refractivity contribution in [2.75, 3.05) is 24.1 Å². The molecule has 1 atom stereocenters. The smallest absolute Gasteiger partial charge is 0.230 e. The minimum absolute atomic E-state index is 0.0104. The van der Waals surface area contributed by atoms with E-state index in [9.17, 15) is 10.1 Å². The number of hydrogen-bond acceptors (Lipinski definition) is 6. The number of fused-ring (bicyclic) bond motifs is 1. The summed E-state index contributed by atoms with van der Waals surface area (Å²) < 4.78 is 11.2. The molecule has 2 aliphatic rings. The van der Waals surface area contributed by atoms with Gasteiger partial charge in [0.2, 0.25) is 5.91 Å². The molecule has 7 heteroatoms. The Balaban J connectivity index is 1.59. The Labute approximate surface area is 168 Å². The molecule has 2 aliphatic heterocycles. The van der Waals surface area contributed by atoms with Gasteiger partial charge in [-0.05, 0) is 50.2 Å². The number of carbonyl (C=O) groups excluding carboxylic acids is 1. The summed E-state index contributed by atoms with van der Waals surface area (Å²) in [5, 5.41) is 10.5. The Hall–Kier alpha value is -2.85. The summed E-state index contributed by atoms with van der Waals surface area (Å²) in [7, 11) is 0. The lowest BCUT2D eigenvalue weighted by molar-refractivity contribution is -0.130. The van der Waals surface area contributed by atoms with Gasteiger partial charge in [-0.25, -0.2) is 0 Å². The van der Waals surface area contributed by atoms with Gasteiger partial charge in [0.15, 0.2) is 0 Å². The number of hydrogen-bond donors (Lipinski definition) is 0. The van der Waals surface area contributed by atoms with Gasteiger partial charge in [0.25, 0.3) is 0 Å². The summed E-state index contributed by atoms with van der Waals surface area (Å²) in [5.41, 5.74) is 1.63. The number of anilines is 1. The van der Waals surface area contributed by atoms with Crippen molar-refractivity contribution in [1.29, 1.82) is 5.26 Å². The van der Waals surface area contributed by atoms with Crippen LogP contribution in [-0.2, 0) is 4.79 Å². The first-order chi connectivity index (χ1) is 13.6. The fourth-order valence-corrected chi connectivity index (χ4v) is 4.70. The molecule has 28 heavy (non-hydrogen) atoms. The summed E-state index contributed by atoms with van der Waals surface area (Å²) in [6.45, 7) is 4.88. The first kappa shape index (κ1) is 18.5. The molecule has 0 radical (unpaired) electrons. The van der Waals surface area contributed by atoms with Crippen molar-refractivity contribution >= 4 is 23.4 Å². The van der Waals surface area contributed by atoms with Crippen molar-refractivity contribution in [3.63, 3.8) is 0 Å². The molecule has 4 rings (SSSR count). The molecule has 0 unspecified atom stereocenters. The number of benzene rings is 1. The molecule has 1 fully saturated rings. The van der Waals surface area contributed by atoms with E-state index in [-0.39, 0.29) is 18.2 Å². The third-order valence-electron chi connectivity index (χ3n) is 4.91. The highest BCUT2D eigenvalue weighted by Gasteiger charge is 2.39. The van der Waals surface area contributed by atoms with Crippen LogP contribution in [0.5, 0.6) is 5.75 Å². The van der Waals surface area contributed by atoms with Crippen molar-refractivity contribution < 1.29 is 13.9 Å². The lowest BCUT2D eigenvalue weighted by Crippen LogP contribution is -2.47. The van der Waals surface area contributed by atoms with E-state index in [0.29, 0.717) is 30.5 Å². The first-order valence-corrected chi connectivity index (χ1v) is 10.2. The molecule has 1 aromatic heterocycles. The molecule has 0 aliphatic carbocycles. The van der Waals surface area contributed by atoms with Crippen LogP contribution < -0.4 is 9.64 Å². The van der Waals surface area contributed by atoms with E-state index in [2.05, 4.69) is 11.0 Å². The normalized spacial score (nSPS) is 19.5. The van der Waals surface area contributed by atoms with Gasteiger partial charge in [0.1, 0.15) is 17.3 Å². The molecule has 0 bridgehead atoms. The molecule has 144 valence electrons. The third-order valence-corrected chi connectivity index (χ3v) is 6.07. The zero-order valence-electron chi connectivity index (χ0n) is 15.8. The Morgan fingerprint density at radius 2 is 2.07 bits per heavy atom. The number of rotatable bonds is 4. The predicted octanol–water partition coefficient (Wildman–Crippen LogP) is 4.21. The quantitative estimate of drug-likeness (QED) is 0.773. The van der Waals surface area contributed by atoms with Crippen LogP contribution in [0.15, 0.2) is 51.4 Å². The Morgan fingerprint density at radius 3 is 2.71 bits per heavy atom. The second kappa shape index (κ2) is 7.64. The summed E-state index contributed by atoms with van der Waals surface area (Å²) in [6.07, 6.45) is 0.247. The molecule has 1 saturated heterocycles. The van der Waals surface area contributed by atoms with E-state index >= 15 is 0 Å². The highest BCUT2D eigenvalue weighted by Crippen LogP contribution is 2.43. The predicted molar refractivity (Wildman–Crippen MR) is 108 cm³/mol. The topological polar surface area (TPSA) is 69.7 Å². The van der Waals surface area contributed by atoms with Gasteiger partial charge in [0, 0.05) is 12.1 Å². The molecule has 0 saturated carbocycles. The van der Waals surface area contributed by atoms with Crippen LogP contribution in [0.25, 0.3) is 0 Å². The fourth-order valence-electron chi connectivity index (χ4n) is 3.53. The van der Waals surface area contributed by atoms with E-state index in [1.807, 2.05) is 50.2 Å². The summed E-state index contributed by atoms with van der Waals surface area (Å²) in [4.78, 5) is 16.7. The largest absolute Gasteiger partial charge is 0.494 e. The lowest BCUT2D eigenvalue weighted by atomic mass is 9.91. The van der Waals surface area contributed by atoms with Crippen LogP contribution in [0, 0.1) is 18.3 Å². The number of furan rings is 1. The average molecular weight is 395 g/mol. The second-order valence-corrected chi connectivity index (χ2v) is 7.67. The minimum Gasteiger partial charge on any atom is -0.494 e. The van der Waals surface area contributed by atoms with Gasteiger partial charge >= 0.3 is 0 Å². The van der Waals surface area contributed by atoms with Crippen molar-refractivity contribution in [2.24, 2.45) is 0 Å². The van der Waals surface area contributed by atoms with E-state index in [4.69, 9.17) is 9.15 Å². The number of carbonyl (C=O) groups is 1. The van der Waals surface area contributed by atoms with E-state index in [1.165, 1.54) is 11.8 Å². The highest BCUT2D eigenvalue weighted by molar-refractivity contribution is 8.03. The Morgan fingerprint density at radius 1 is 1.29 bits per heavy atom. The Kier molecular flexibility index (Phi) is 5.05. The zero-order chi connectivity index (χ0) is 19.7. The lowest BCUT2D eigenvalue weighted by Gasteiger charge is -2.41. The molecule has 1 amide bonds. The van der Waals surface area contributed by atoms with Gasteiger partial charge in [-0.15, -0.1) is 0 Å². The summed E-state index contributed by atoms with van der Waals surface area (Å²) in [5.74, 6) is 2.67. The van der Waals surface area contributed by atoms with E-state index in [1.54, 1.807) is 4.90 Å². The maximum absolute atomic E-state index is 12.9. The van der Waals surface area contributed by atoms with Crippen molar-refractivity contribution in [3.05, 3.63) is 58.5 Å². The maximum atomic E-state index is 12.9. The highest BCUT2D eigenvalue weighted by atomic mass is 32.2. The van der Waals surface area contributed by atoms with Crippen LogP contribution in [0.1, 0.15) is 30.8 Å². The van der Waals surface area contributed by atoms with Crippen LogP contribution in [-0.4, -0.2) is 30.0 Å². The van der Waals surface area contributed by atoms with Crippen LogP contribution in [0.3, 0.4) is 0 Å². The molecule has 2 aromatic rings. The third kappa shape index (κ3) is 3.36. The van der Waals surface area contributed by atoms with Gasteiger partial charge in [0.05, 0.1) is 41.7 Å². The minimum atomic E-state index is -0.304. The number of aryl methyl sites for hydroxylation is 1. The molecule has 0 N–H and O–H groups in total. The van der Waals surface area contributed by atoms with Gasteiger partial charge in [-0.2, -0.15) is 5.26 Å². The number of nitrogens with zero attached hydrogens (tertiary/aromatic N) is 3. The SMILES string of the molecule is CCOc1ccc(N2CSC3=C(C#N)[C@H](c4ccc(C)o4)CC(=O)N3C2)cc1. The van der Waals surface area contributed by atoms with Crippen LogP contribution in [0.2, 0.25) is 0 Å². The molecule has 6 nitrogen and oxygen atoms in total. The van der Waals surface area contributed by atoms with Crippen molar-refractivity contribution in [2.45, 2.75) is 26.2 Å². The van der Waals surface area contributed by atoms with Crippen LogP contribution in [0.4, 0.5) is 5.69 Å². The van der Waals surface area contributed by atoms with Gasteiger partial charge in [-0.1, -0.05) is 11.8 Å². The number of thioether (sulfide) groups is 1. The van der Waals surface area contributed by atoms with Gasteiger partial charge in [-0.3, -0.25) is 9.69 Å². The van der Waals surface area contributed by atoms with Gasteiger partial charge < -0.3 is 14.1 Å². The molecule has 1 aromatic carbocycles. The van der Waals surface area contributed by atoms with Crippen molar-refractivity contribution in [1.82, 2.24) is 4.90 Å². The number of ether oxygens (including phenoxy) is 1. The van der Waals surface area contributed by atoms with E-state index in [0.717, 1.165) is 22.2 Å². The zero-order valence-corrected chi connectivity index (χ0v) is 16.7. The van der Waals surface area contributed by atoms with Crippen molar-refractivity contribution in [3.8, 4) is 11.8 Å². The van der Waals surface area contributed by atoms with E-state index < -0.39 is 0 Å². The molecular formula is C21H21N3O3S. The summed E-state index contributed by atoms with van der Waals surface area (Å²) in [6, 6.07) is 13.9. The standard InChI is InChI=1S/C21H21N3O3S/c1-3-26-16-7-5-15(6-8-16)23-12-24-20(25)10-17(19-9-4-14(2)27-19)18(11-22)21(24)28-13-23/h4-9,17H,3,10,12-13H2,1-2H3/t17-/m1/s1. The molecular weight excluding hydrogens is 374 g/mol. The summed E-state index contributed by atoms with van der Waals surface area (Å²) >= 11 is 1.52. The monoisotopic (exact) mass is 395 g/mol. The average Bonchev–Trinajstić information content (AvgIpc) is 3.15. The number of nitriles is 1. The second-order valence-electron chi connectivity index (χ2n) is 6.74. The number of amides is 1. The first-order valence-electron chi connectivity index (χ1n) is 9.22. The van der Waals surface area contributed by atoms with Crippen LogP contribution >= 0.6 is 11.8 Å². The fraction of sp³-hybridized carbons (Fsp3) is 0.333. The maximum Gasteiger partial charge on any atom is 0.230 e. The molecule has 3 heterocycles. The molecule has 0 spiro atoms.